The Kier molecular flexibility index (Phi) is 5.11. The summed E-state index contributed by atoms with van der Waals surface area (Å²) >= 11 is 0. The summed E-state index contributed by atoms with van der Waals surface area (Å²) in [7, 11) is 1.59. The van der Waals surface area contributed by atoms with E-state index in [9.17, 15) is 4.79 Å². The molecule has 26 heavy (non-hydrogen) atoms. The molecule has 1 aromatic carbocycles. The lowest BCUT2D eigenvalue weighted by atomic mass is 9.95. The first kappa shape index (κ1) is 17.8. The number of nitrogens with zero attached hydrogens (tertiary/aromatic N) is 3. The maximum absolute atomic E-state index is 12.6. The number of fused-ring (bicyclic) bond motifs is 1. The van der Waals surface area contributed by atoms with Crippen LogP contribution in [0, 0.1) is 0 Å². The van der Waals surface area contributed by atoms with Gasteiger partial charge in [-0.3, -0.25) is 0 Å². The van der Waals surface area contributed by atoms with Crippen LogP contribution < -0.4 is 14.8 Å². The van der Waals surface area contributed by atoms with Crippen molar-refractivity contribution in [2.75, 3.05) is 25.6 Å². The van der Waals surface area contributed by atoms with Gasteiger partial charge in [-0.05, 0) is 38.5 Å². The van der Waals surface area contributed by atoms with Crippen molar-refractivity contribution < 1.29 is 19.0 Å². The summed E-state index contributed by atoms with van der Waals surface area (Å²) < 4.78 is 18.0. The number of ether oxygens (including phenoxy) is 3. The van der Waals surface area contributed by atoms with Gasteiger partial charge in [-0.1, -0.05) is 6.07 Å². The molecule has 2 heterocycles. The highest BCUT2D eigenvalue weighted by Crippen LogP contribution is 2.38. The van der Waals surface area contributed by atoms with Crippen molar-refractivity contribution in [3.63, 3.8) is 0 Å². The van der Waals surface area contributed by atoms with Crippen molar-refractivity contribution >= 4 is 11.9 Å². The first-order valence-electron chi connectivity index (χ1n) is 8.45. The third-order valence-corrected chi connectivity index (χ3v) is 4.09. The average Bonchev–Trinajstić information content (AvgIpc) is 3.08. The fraction of sp³-hybridized carbons (Fsp3) is 0.389. The number of carbonyl (C=O) groups excluding carboxylic acids is 1. The van der Waals surface area contributed by atoms with E-state index in [1.807, 2.05) is 32.0 Å². The number of aromatic nitrogens is 3. The summed E-state index contributed by atoms with van der Waals surface area (Å²) in [6, 6.07) is 5.08. The monoisotopic (exact) mass is 358 g/mol. The fourth-order valence-electron chi connectivity index (χ4n) is 3.00. The van der Waals surface area contributed by atoms with Gasteiger partial charge in [-0.15, -0.1) is 0 Å². The lowest BCUT2D eigenvalue weighted by Gasteiger charge is -2.28. The van der Waals surface area contributed by atoms with Crippen LogP contribution in [0.5, 0.6) is 11.5 Å². The molecule has 1 aliphatic rings. The molecule has 0 fully saturated rings. The summed E-state index contributed by atoms with van der Waals surface area (Å²) in [5.41, 5.74) is 1.99. The topological polar surface area (TPSA) is 87.5 Å². The highest BCUT2D eigenvalue weighted by atomic mass is 16.5. The third-order valence-electron chi connectivity index (χ3n) is 4.09. The van der Waals surface area contributed by atoms with Crippen molar-refractivity contribution in [1.82, 2.24) is 14.8 Å². The van der Waals surface area contributed by atoms with Crippen LogP contribution in [0.1, 0.15) is 32.4 Å². The van der Waals surface area contributed by atoms with Crippen molar-refractivity contribution in [3.05, 3.63) is 41.4 Å². The molecule has 1 atom stereocenters. The number of carbonyl (C=O) groups is 1. The minimum Gasteiger partial charge on any atom is -0.493 e. The molecule has 1 aromatic heterocycles. The fourth-order valence-corrected chi connectivity index (χ4v) is 3.00. The maximum Gasteiger partial charge on any atom is 0.338 e. The first-order chi connectivity index (χ1) is 12.6. The molecule has 0 saturated heterocycles. The number of anilines is 1. The molecule has 8 heteroatoms. The van der Waals surface area contributed by atoms with Gasteiger partial charge in [0.25, 0.3) is 0 Å². The molecular formula is C18H22N4O4. The SMILES string of the molecule is CCOC(=O)C1=C(C)Nc2ncnn2[C@H]1c1ccc(OC)c(OCC)c1. The van der Waals surface area contributed by atoms with E-state index in [1.165, 1.54) is 6.33 Å². The Labute approximate surface area is 151 Å². The second kappa shape index (κ2) is 7.47. The van der Waals surface area contributed by atoms with Gasteiger partial charge in [0.1, 0.15) is 12.4 Å². The zero-order valence-electron chi connectivity index (χ0n) is 15.3. The number of nitrogens with one attached hydrogen (secondary N) is 1. The number of hydrogen-bond acceptors (Lipinski definition) is 7. The average molecular weight is 358 g/mol. The minimum atomic E-state index is -0.474. The molecule has 1 N–H and O–H groups in total. The second-order valence-electron chi connectivity index (χ2n) is 5.66. The molecule has 0 saturated carbocycles. The van der Waals surface area contributed by atoms with Crippen molar-refractivity contribution in [2.45, 2.75) is 26.8 Å². The van der Waals surface area contributed by atoms with Gasteiger partial charge in [0.05, 0.1) is 25.9 Å². The molecule has 0 aliphatic carbocycles. The molecule has 138 valence electrons. The van der Waals surface area contributed by atoms with E-state index in [2.05, 4.69) is 15.4 Å². The van der Waals surface area contributed by atoms with Gasteiger partial charge in [-0.25, -0.2) is 9.48 Å². The van der Waals surface area contributed by atoms with Crippen LogP contribution in [0.15, 0.2) is 35.8 Å². The van der Waals surface area contributed by atoms with Crippen LogP contribution in [-0.2, 0) is 9.53 Å². The summed E-state index contributed by atoms with van der Waals surface area (Å²) in [6.07, 6.45) is 1.45. The molecular weight excluding hydrogens is 336 g/mol. The van der Waals surface area contributed by atoms with E-state index in [-0.39, 0.29) is 0 Å². The van der Waals surface area contributed by atoms with Crippen LogP contribution >= 0.6 is 0 Å². The molecule has 2 aromatic rings. The van der Waals surface area contributed by atoms with Crippen LogP contribution in [0.4, 0.5) is 5.95 Å². The van der Waals surface area contributed by atoms with Gasteiger partial charge in [0.15, 0.2) is 11.5 Å². The Morgan fingerprint density at radius 1 is 1.27 bits per heavy atom. The van der Waals surface area contributed by atoms with E-state index >= 15 is 0 Å². The number of rotatable bonds is 6. The third kappa shape index (κ3) is 3.10. The number of esters is 1. The van der Waals surface area contributed by atoms with Crippen molar-refractivity contribution in [1.29, 1.82) is 0 Å². The molecule has 0 radical (unpaired) electrons. The number of hydrogen-bond donors (Lipinski definition) is 1. The van der Waals surface area contributed by atoms with E-state index in [1.54, 1.807) is 18.7 Å². The van der Waals surface area contributed by atoms with Crippen LogP contribution in [0.25, 0.3) is 0 Å². The highest BCUT2D eigenvalue weighted by Gasteiger charge is 2.34. The zero-order valence-corrected chi connectivity index (χ0v) is 15.3. The lowest BCUT2D eigenvalue weighted by molar-refractivity contribution is -0.139. The summed E-state index contributed by atoms with van der Waals surface area (Å²) in [5, 5.41) is 7.39. The van der Waals surface area contributed by atoms with Crippen LogP contribution in [0.3, 0.4) is 0 Å². The Hall–Kier alpha value is -3.03. The second-order valence-corrected chi connectivity index (χ2v) is 5.66. The van der Waals surface area contributed by atoms with Gasteiger partial charge >= 0.3 is 5.97 Å². The Bertz CT molecular complexity index is 843. The van der Waals surface area contributed by atoms with E-state index < -0.39 is 12.0 Å². The van der Waals surface area contributed by atoms with Crippen LogP contribution in [-0.4, -0.2) is 41.1 Å². The number of benzene rings is 1. The van der Waals surface area contributed by atoms with E-state index in [0.29, 0.717) is 41.9 Å². The van der Waals surface area contributed by atoms with Gasteiger partial charge in [0, 0.05) is 5.70 Å². The molecule has 0 amide bonds. The van der Waals surface area contributed by atoms with E-state index in [4.69, 9.17) is 14.2 Å². The number of allylic oxidation sites excluding steroid dienone is 1. The van der Waals surface area contributed by atoms with Crippen molar-refractivity contribution in [3.8, 4) is 11.5 Å². The summed E-state index contributed by atoms with van der Waals surface area (Å²) in [6.45, 7) is 6.30. The highest BCUT2D eigenvalue weighted by molar-refractivity contribution is 5.92. The largest absolute Gasteiger partial charge is 0.493 e. The van der Waals surface area contributed by atoms with E-state index in [0.717, 1.165) is 5.56 Å². The normalized spacial score (nSPS) is 15.9. The summed E-state index contributed by atoms with van der Waals surface area (Å²) in [4.78, 5) is 16.8. The zero-order chi connectivity index (χ0) is 18.7. The molecule has 0 spiro atoms. The quantitative estimate of drug-likeness (QED) is 0.794. The Morgan fingerprint density at radius 3 is 2.77 bits per heavy atom. The van der Waals surface area contributed by atoms with Gasteiger partial charge < -0.3 is 19.5 Å². The molecule has 8 nitrogen and oxygen atoms in total. The predicted molar refractivity (Wildman–Crippen MR) is 95.3 cm³/mol. The maximum atomic E-state index is 12.6. The molecule has 0 bridgehead atoms. The number of methoxy groups -OCH3 is 1. The van der Waals surface area contributed by atoms with Crippen molar-refractivity contribution in [2.24, 2.45) is 0 Å². The molecule has 1 aliphatic heterocycles. The Morgan fingerprint density at radius 2 is 2.08 bits per heavy atom. The van der Waals surface area contributed by atoms with Gasteiger partial charge in [0.2, 0.25) is 5.95 Å². The smallest absolute Gasteiger partial charge is 0.338 e. The minimum absolute atomic E-state index is 0.291. The molecule has 3 rings (SSSR count). The lowest BCUT2D eigenvalue weighted by Crippen LogP contribution is -2.29. The predicted octanol–water partition coefficient (Wildman–Crippen LogP) is 2.54. The molecule has 0 unspecified atom stereocenters. The first-order valence-corrected chi connectivity index (χ1v) is 8.45. The van der Waals surface area contributed by atoms with Gasteiger partial charge in [-0.2, -0.15) is 10.1 Å². The standard InChI is InChI=1S/C18H22N4O4/c1-5-25-14-9-12(7-8-13(14)24-4)16-15(17(23)26-6-2)11(3)21-18-19-10-20-22(16)18/h7-10,16H,5-6H2,1-4H3,(H,19,20,21)/t16-/m0/s1. The van der Waals surface area contributed by atoms with Crippen LogP contribution in [0.2, 0.25) is 0 Å². The summed E-state index contributed by atoms with van der Waals surface area (Å²) in [5.74, 6) is 1.40. The Balaban J connectivity index is 2.13.